The van der Waals surface area contributed by atoms with Gasteiger partial charge in [-0.2, -0.15) is 0 Å². The number of allylic oxidation sites excluding steroid dienone is 1. The molecule has 3 aliphatic rings. The quantitative estimate of drug-likeness (QED) is 0.816. The Morgan fingerprint density at radius 1 is 1.27 bits per heavy atom. The van der Waals surface area contributed by atoms with Gasteiger partial charge in [-0.25, -0.2) is 4.98 Å². The average Bonchev–Trinajstić information content (AvgIpc) is 3.20. The Balaban J connectivity index is 1.34. The van der Waals surface area contributed by atoms with Crippen LogP contribution in [0.3, 0.4) is 0 Å². The largest absolute Gasteiger partial charge is 0.298 e. The summed E-state index contributed by atoms with van der Waals surface area (Å²) in [4.78, 5) is 24.0. The van der Waals surface area contributed by atoms with Crippen molar-refractivity contribution in [1.29, 1.82) is 0 Å². The maximum atomic E-state index is 12.1. The summed E-state index contributed by atoms with van der Waals surface area (Å²) in [5.41, 5.74) is 2.02. The second-order valence-electron chi connectivity index (χ2n) is 7.79. The topological polar surface area (TPSA) is 45.6 Å². The number of benzene rings is 1. The number of thiazole rings is 1. The molecule has 26 heavy (non-hydrogen) atoms. The summed E-state index contributed by atoms with van der Waals surface area (Å²) >= 11 is 1.80. The molecule has 3 heterocycles. The van der Waals surface area contributed by atoms with E-state index in [9.17, 15) is 4.79 Å². The molecule has 0 spiro atoms. The lowest BCUT2D eigenvalue weighted by atomic mass is 9.79. The van der Waals surface area contributed by atoms with E-state index in [1.165, 1.54) is 41.9 Å². The van der Waals surface area contributed by atoms with E-state index in [1.54, 1.807) is 29.7 Å². The van der Waals surface area contributed by atoms with E-state index in [0.717, 1.165) is 23.2 Å². The lowest BCUT2D eigenvalue weighted by Gasteiger charge is -2.42. The van der Waals surface area contributed by atoms with Crippen LogP contribution in [0.5, 0.6) is 0 Å². The fraction of sp³-hybridized carbons (Fsp3) is 0.476. The number of rotatable bonds is 3. The number of carbonyl (C=O) groups excluding carboxylic acids is 1. The van der Waals surface area contributed by atoms with Crippen molar-refractivity contribution in [3.8, 4) is 0 Å². The van der Waals surface area contributed by atoms with Gasteiger partial charge in [0.1, 0.15) is 6.04 Å². The number of fused-ring (bicyclic) bond motifs is 1. The highest BCUT2D eigenvalue weighted by Crippen LogP contribution is 2.44. The molecular formula is C21H23N3OS. The van der Waals surface area contributed by atoms with Crippen molar-refractivity contribution in [2.75, 3.05) is 6.54 Å². The molecule has 1 aromatic heterocycles. The van der Waals surface area contributed by atoms with Gasteiger partial charge in [0.05, 0.1) is 15.2 Å². The van der Waals surface area contributed by atoms with Gasteiger partial charge in [0.2, 0.25) is 0 Å². The van der Waals surface area contributed by atoms with Gasteiger partial charge in [0.25, 0.3) is 0 Å². The lowest BCUT2D eigenvalue weighted by molar-refractivity contribution is -0.115. The van der Waals surface area contributed by atoms with E-state index in [4.69, 9.17) is 4.98 Å². The molecule has 0 N–H and O–H groups in total. The Kier molecular flexibility index (Phi) is 4.02. The molecule has 134 valence electrons. The Morgan fingerprint density at radius 2 is 2.15 bits per heavy atom. The average molecular weight is 366 g/mol. The number of dihydropyridines is 1. The van der Waals surface area contributed by atoms with Crippen LogP contribution in [0.2, 0.25) is 0 Å². The fourth-order valence-electron chi connectivity index (χ4n) is 4.55. The molecule has 1 saturated heterocycles. The smallest absolute Gasteiger partial charge is 0.184 e. The molecule has 1 aromatic carbocycles. The van der Waals surface area contributed by atoms with Crippen LogP contribution in [0.4, 0.5) is 0 Å². The SMILES string of the molecule is C[C@H]1CCCN1[C@H]1C[C@H](c2nc3ccc(C4N=CC=CC4=O)cc3s2)C1. The minimum Gasteiger partial charge on any atom is -0.298 e. The Morgan fingerprint density at radius 3 is 2.92 bits per heavy atom. The monoisotopic (exact) mass is 365 g/mol. The second kappa shape index (κ2) is 6.39. The van der Waals surface area contributed by atoms with Crippen LogP contribution in [-0.4, -0.2) is 40.5 Å². The third kappa shape index (κ3) is 2.74. The van der Waals surface area contributed by atoms with Crippen molar-refractivity contribution in [2.24, 2.45) is 4.99 Å². The maximum absolute atomic E-state index is 12.1. The van der Waals surface area contributed by atoms with Gasteiger partial charge in [0.15, 0.2) is 5.78 Å². The van der Waals surface area contributed by atoms with E-state index in [-0.39, 0.29) is 11.8 Å². The van der Waals surface area contributed by atoms with Crippen LogP contribution >= 0.6 is 11.3 Å². The number of ketones is 1. The maximum Gasteiger partial charge on any atom is 0.184 e. The molecule has 2 fully saturated rings. The summed E-state index contributed by atoms with van der Waals surface area (Å²) in [6.45, 7) is 3.63. The lowest BCUT2D eigenvalue weighted by Crippen LogP contribution is -2.45. The first-order valence-corrected chi connectivity index (χ1v) is 10.4. The summed E-state index contributed by atoms with van der Waals surface area (Å²) in [5.74, 6) is 0.657. The predicted molar refractivity (Wildman–Crippen MR) is 106 cm³/mol. The molecule has 0 bridgehead atoms. The molecular weight excluding hydrogens is 342 g/mol. The van der Waals surface area contributed by atoms with Crippen molar-refractivity contribution in [2.45, 2.75) is 56.7 Å². The minimum atomic E-state index is -0.389. The first kappa shape index (κ1) is 16.3. The normalized spacial score (nSPS) is 31.7. The van der Waals surface area contributed by atoms with Crippen molar-refractivity contribution >= 4 is 33.6 Å². The number of nitrogens with zero attached hydrogens (tertiary/aromatic N) is 3. The van der Waals surface area contributed by atoms with Gasteiger partial charge in [-0.3, -0.25) is 14.7 Å². The Bertz CT molecular complexity index is 909. The Labute approximate surface area is 157 Å². The van der Waals surface area contributed by atoms with Gasteiger partial charge in [-0.1, -0.05) is 6.07 Å². The van der Waals surface area contributed by atoms with Crippen LogP contribution in [-0.2, 0) is 4.79 Å². The van der Waals surface area contributed by atoms with Gasteiger partial charge in [0, 0.05) is 24.2 Å². The number of aliphatic imine (C=N–C) groups is 1. The highest BCUT2D eigenvalue weighted by Gasteiger charge is 2.39. The fourth-order valence-corrected chi connectivity index (χ4v) is 5.69. The molecule has 0 radical (unpaired) electrons. The third-order valence-corrected chi connectivity index (χ3v) is 7.31. The zero-order valence-corrected chi connectivity index (χ0v) is 15.8. The van der Waals surface area contributed by atoms with Gasteiger partial charge < -0.3 is 0 Å². The van der Waals surface area contributed by atoms with Gasteiger partial charge in [-0.05, 0) is 69.0 Å². The first-order chi connectivity index (χ1) is 12.7. The highest BCUT2D eigenvalue weighted by molar-refractivity contribution is 7.18. The summed E-state index contributed by atoms with van der Waals surface area (Å²) in [5, 5.41) is 1.26. The van der Waals surface area contributed by atoms with Crippen molar-refractivity contribution in [3.05, 3.63) is 40.9 Å². The zero-order chi connectivity index (χ0) is 17.7. The minimum absolute atomic E-state index is 0.0538. The third-order valence-electron chi connectivity index (χ3n) is 6.13. The van der Waals surface area contributed by atoms with Crippen LogP contribution in [0.25, 0.3) is 10.2 Å². The first-order valence-electron chi connectivity index (χ1n) is 9.59. The summed E-state index contributed by atoms with van der Waals surface area (Å²) in [6.07, 6.45) is 10.2. The molecule has 1 aliphatic carbocycles. The molecule has 1 unspecified atom stereocenters. The van der Waals surface area contributed by atoms with E-state index >= 15 is 0 Å². The second-order valence-corrected chi connectivity index (χ2v) is 8.85. The molecule has 4 nitrogen and oxygen atoms in total. The number of carbonyl (C=O) groups is 1. The highest BCUT2D eigenvalue weighted by atomic mass is 32.1. The molecule has 2 aromatic rings. The van der Waals surface area contributed by atoms with Gasteiger partial charge >= 0.3 is 0 Å². The Hall–Kier alpha value is -1.85. The summed E-state index contributed by atoms with van der Waals surface area (Å²) < 4.78 is 1.17. The molecule has 1 saturated carbocycles. The van der Waals surface area contributed by atoms with E-state index in [2.05, 4.69) is 22.9 Å². The number of aromatic nitrogens is 1. The number of hydrogen-bond donors (Lipinski definition) is 0. The van der Waals surface area contributed by atoms with E-state index < -0.39 is 0 Å². The van der Waals surface area contributed by atoms with E-state index in [0.29, 0.717) is 5.92 Å². The van der Waals surface area contributed by atoms with E-state index in [1.807, 2.05) is 12.1 Å². The zero-order valence-electron chi connectivity index (χ0n) is 15.0. The summed E-state index contributed by atoms with van der Waals surface area (Å²) in [6, 6.07) is 7.27. The standard InChI is InChI=1S/C21H23N3OS/c1-13-4-3-9-24(13)16-10-15(11-16)21-23-17-7-6-14(12-19(17)26-21)20-18(25)5-2-8-22-20/h2,5-8,12-13,15-16,20H,3-4,9-11H2,1H3/t13-,15-,16-,20?/m0/s1. The molecule has 5 rings (SSSR count). The van der Waals surface area contributed by atoms with Crippen LogP contribution in [0, 0.1) is 0 Å². The van der Waals surface area contributed by atoms with Crippen LogP contribution in [0.15, 0.2) is 35.3 Å². The molecule has 2 aliphatic heterocycles. The van der Waals surface area contributed by atoms with Crippen molar-refractivity contribution in [3.63, 3.8) is 0 Å². The van der Waals surface area contributed by atoms with Crippen LogP contribution < -0.4 is 0 Å². The molecule has 2 atom stereocenters. The van der Waals surface area contributed by atoms with Crippen LogP contribution in [0.1, 0.15) is 55.1 Å². The summed E-state index contributed by atoms with van der Waals surface area (Å²) in [7, 11) is 0. The number of likely N-dealkylation sites (tertiary alicyclic amines) is 1. The van der Waals surface area contributed by atoms with Gasteiger partial charge in [-0.15, -0.1) is 11.3 Å². The molecule has 0 amide bonds. The number of hydrogen-bond acceptors (Lipinski definition) is 5. The molecule has 5 heteroatoms. The van der Waals surface area contributed by atoms with Crippen molar-refractivity contribution in [1.82, 2.24) is 9.88 Å². The van der Waals surface area contributed by atoms with Crippen molar-refractivity contribution < 1.29 is 4.79 Å². The predicted octanol–water partition coefficient (Wildman–Crippen LogP) is 4.28.